The summed E-state index contributed by atoms with van der Waals surface area (Å²) in [6.07, 6.45) is 0. The van der Waals surface area contributed by atoms with Crippen LogP contribution < -0.4 is 0 Å². The minimum Gasteiger partial charge on any atom is -0.455 e. The summed E-state index contributed by atoms with van der Waals surface area (Å²) in [6, 6.07) is 56.3. The normalized spacial score (nSPS) is 11.4. The van der Waals surface area contributed by atoms with E-state index in [2.05, 4.69) is 121 Å². The number of aromatic nitrogens is 3. The van der Waals surface area contributed by atoms with E-state index in [0.29, 0.717) is 17.5 Å². The van der Waals surface area contributed by atoms with Crippen LogP contribution in [0.25, 0.3) is 89.1 Å². The van der Waals surface area contributed by atoms with Crippen molar-refractivity contribution in [1.29, 1.82) is 0 Å². The number of rotatable bonds is 5. The van der Waals surface area contributed by atoms with Crippen LogP contribution in [0.3, 0.4) is 0 Å². The predicted octanol–water partition coefficient (Wildman–Crippen LogP) is 11.3. The highest BCUT2D eigenvalue weighted by molar-refractivity contribution is 6.18. The second-order valence-electron chi connectivity index (χ2n) is 11.6. The number of benzene rings is 7. The molecule has 2 heterocycles. The van der Waals surface area contributed by atoms with Crippen LogP contribution in [0.1, 0.15) is 0 Å². The lowest BCUT2D eigenvalue weighted by molar-refractivity contribution is 0.670. The minimum atomic E-state index is 0.599. The van der Waals surface area contributed by atoms with Crippen LogP contribution in [-0.2, 0) is 0 Å². The van der Waals surface area contributed by atoms with Crippen molar-refractivity contribution in [2.24, 2.45) is 0 Å². The Hall–Kier alpha value is -6.39. The van der Waals surface area contributed by atoms with Gasteiger partial charge < -0.3 is 4.42 Å². The third kappa shape index (κ3) is 4.84. The van der Waals surface area contributed by atoms with Crippen molar-refractivity contribution >= 4 is 32.7 Å². The van der Waals surface area contributed by atoms with Crippen molar-refractivity contribution in [2.75, 3.05) is 0 Å². The van der Waals surface area contributed by atoms with Crippen LogP contribution in [0, 0.1) is 0 Å². The summed E-state index contributed by atoms with van der Waals surface area (Å²) in [7, 11) is 0. The van der Waals surface area contributed by atoms with Gasteiger partial charge in [0.05, 0.1) is 0 Å². The molecule has 0 bridgehead atoms. The smallest absolute Gasteiger partial charge is 0.164 e. The first-order valence-corrected chi connectivity index (χ1v) is 15.7. The maximum absolute atomic E-state index is 6.72. The Labute approximate surface area is 271 Å². The first kappa shape index (κ1) is 27.0. The van der Waals surface area contributed by atoms with Gasteiger partial charge in [0, 0.05) is 33.0 Å². The van der Waals surface area contributed by atoms with Crippen LogP contribution in [0.5, 0.6) is 0 Å². The fourth-order valence-electron chi connectivity index (χ4n) is 6.38. The molecule has 0 aliphatic rings. The van der Waals surface area contributed by atoms with Gasteiger partial charge >= 0.3 is 0 Å². The van der Waals surface area contributed by atoms with Crippen molar-refractivity contribution in [1.82, 2.24) is 15.0 Å². The van der Waals surface area contributed by atoms with E-state index in [1.165, 1.54) is 5.56 Å². The second-order valence-corrected chi connectivity index (χ2v) is 11.6. The molecule has 0 aliphatic carbocycles. The van der Waals surface area contributed by atoms with Gasteiger partial charge in [-0.2, -0.15) is 0 Å². The number of fused-ring (bicyclic) bond motifs is 4. The van der Waals surface area contributed by atoms with Gasteiger partial charge in [0.15, 0.2) is 17.5 Å². The molecule has 9 aromatic rings. The summed E-state index contributed by atoms with van der Waals surface area (Å²) < 4.78 is 6.72. The van der Waals surface area contributed by atoms with E-state index in [0.717, 1.165) is 66.1 Å². The fraction of sp³-hybridized carbons (Fsp3) is 0. The molecule has 47 heavy (non-hydrogen) atoms. The van der Waals surface area contributed by atoms with E-state index in [1.807, 2.05) is 42.5 Å². The van der Waals surface area contributed by atoms with Crippen LogP contribution in [0.15, 0.2) is 168 Å². The van der Waals surface area contributed by atoms with Crippen LogP contribution >= 0.6 is 0 Å². The van der Waals surface area contributed by atoms with Crippen LogP contribution in [0.4, 0.5) is 0 Å². The molecule has 0 saturated carbocycles. The fourth-order valence-corrected chi connectivity index (χ4v) is 6.38. The summed E-state index contributed by atoms with van der Waals surface area (Å²) in [4.78, 5) is 15.2. The van der Waals surface area contributed by atoms with E-state index >= 15 is 0 Å². The Kier molecular flexibility index (Phi) is 6.43. The molecule has 220 valence electrons. The molecular formula is C43H27N3O. The second kappa shape index (κ2) is 11.2. The Balaban J connectivity index is 1.30. The lowest BCUT2D eigenvalue weighted by Gasteiger charge is -2.11. The minimum absolute atomic E-state index is 0.599. The molecule has 2 aromatic heterocycles. The average molecular weight is 602 g/mol. The Morgan fingerprint density at radius 2 is 0.830 bits per heavy atom. The van der Waals surface area contributed by atoms with E-state index in [-0.39, 0.29) is 0 Å². The maximum Gasteiger partial charge on any atom is 0.164 e. The van der Waals surface area contributed by atoms with Crippen molar-refractivity contribution in [3.63, 3.8) is 0 Å². The molecule has 0 spiro atoms. The molecule has 7 aromatic carbocycles. The predicted molar refractivity (Wildman–Crippen MR) is 192 cm³/mol. The first-order valence-electron chi connectivity index (χ1n) is 15.7. The van der Waals surface area contributed by atoms with Gasteiger partial charge in [0.1, 0.15) is 11.2 Å². The topological polar surface area (TPSA) is 51.8 Å². The molecule has 0 radical (unpaired) electrons. The Bertz CT molecular complexity index is 2540. The van der Waals surface area contributed by atoms with Gasteiger partial charge in [-0.1, -0.05) is 140 Å². The van der Waals surface area contributed by atoms with Gasteiger partial charge in [0.2, 0.25) is 0 Å². The molecule has 0 unspecified atom stereocenters. The standard InChI is InChI=1S/C43H27N3O/c1-4-12-28(13-5-1)29-20-22-32(23-21-29)42-44-41(31-16-8-3-9-17-31)45-43(46-42)36-25-24-35(30-14-6-2-7-15-30)40-39(36)37-26-33-18-10-11-19-34(33)27-38(37)47-40/h1-27H. The zero-order valence-corrected chi connectivity index (χ0v) is 25.3. The molecular weight excluding hydrogens is 574 g/mol. The number of nitrogens with zero attached hydrogens (tertiary/aromatic N) is 3. The van der Waals surface area contributed by atoms with Crippen molar-refractivity contribution in [2.45, 2.75) is 0 Å². The molecule has 0 fully saturated rings. The molecule has 0 atom stereocenters. The van der Waals surface area contributed by atoms with E-state index in [1.54, 1.807) is 0 Å². The van der Waals surface area contributed by atoms with Crippen molar-refractivity contribution in [3.05, 3.63) is 164 Å². The largest absolute Gasteiger partial charge is 0.455 e. The Morgan fingerprint density at radius 1 is 0.362 bits per heavy atom. The Morgan fingerprint density at radius 3 is 1.49 bits per heavy atom. The summed E-state index contributed by atoms with van der Waals surface area (Å²) in [5.41, 5.74) is 8.82. The highest BCUT2D eigenvalue weighted by Crippen LogP contribution is 2.42. The molecule has 4 nitrogen and oxygen atoms in total. The van der Waals surface area contributed by atoms with E-state index in [9.17, 15) is 0 Å². The quantitative estimate of drug-likeness (QED) is 0.197. The molecule has 4 heteroatoms. The molecule has 0 amide bonds. The third-order valence-electron chi connectivity index (χ3n) is 8.73. The zero-order valence-electron chi connectivity index (χ0n) is 25.3. The monoisotopic (exact) mass is 601 g/mol. The lowest BCUT2D eigenvalue weighted by Crippen LogP contribution is -2.00. The lowest BCUT2D eigenvalue weighted by atomic mass is 9.97. The van der Waals surface area contributed by atoms with Gasteiger partial charge in [-0.05, 0) is 51.7 Å². The average Bonchev–Trinajstić information content (AvgIpc) is 3.53. The van der Waals surface area contributed by atoms with Gasteiger partial charge in [-0.15, -0.1) is 0 Å². The van der Waals surface area contributed by atoms with Crippen molar-refractivity contribution in [3.8, 4) is 56.4 Å². The van der Waals surface area contributed by atoms with Gasteiger partial charge in [0.25, 0.3) is 0 Å². The van der Waals surface area contributed by atoms with Gasteiger partial charge in [-0.3, -0.25) is 0 Å². The van der Waals surface area contributed by atoms with E-state index in [4.69, 9.17) is 19.4 Å². The summed E-state index contributed by atoms with van der Waals surface area (Å²) in [5, 5.41) is 4.30. The number of furan rings is 1. The molecule has 0 saturated heterocycles. The maximum atomic E-state index is 6.72. The summed E-state index contributed by atoms with van der Waals surface area (Å²) in [6.45, 7) is 0. The highest BCUT2D eigenvalue weighted by atomic mass is 16.3. The van der Waals surface area contributed by atoms with Crippen LogP contribution in [-0.4, -0.2) is 15.0 Å². The molecule has 0 N–H and O–H groups in total. The van der Waals surface area contributed by atoms with Crippen LogP contribution in [0.2, 0.25) is 0 Å². The number of hydrogen-bond acceptors (Lipinski definition) is 4. The summed E-state index contributed by atoms with van der Waals surface area (Å²) in [5.74, 6) is 1.84. The highest BCUT2D eigenvalue weighted by Gasteiger charge is 2.21. The third-order valence-corrected chi connectivity index (χ3v) is 8.73. The first-order chi connectivity index (χ1) is 23.3. The SMILES string of the molecule is c1ccc(-c2ccc(-c3nc(-c4ccccc4)nc(-c4ccc(-c5ccccc5)c5oc6cc7ccccc7cc6c45)n3)cc2)cc1. The zero-order chi connectivity index (χ0) is 31.2. The summed E-state index contributed by atoms with van der Waals surface area (Å²) >= 11 is 0. The molecule has 0 aliphatic heterocycles. The van der Waals surface area contributed by atoms with Gasteiger partial charge in [-0.25, -0.2) is 15.0 Å². The molecule has 9 rings (SSSR count). The van der Waals surface area contributed by atoms with E-state index < -0.39 is 0 Å². The van der Waals surface area contributed by atoms with Crippen molar-refractivity contribution < 1.29 is 4.42 Å². The number of hydrogen-bond donors (Lipinski definition) is 0.